The summed E-state index contributed by atoms with van der Waals surface area (Å²) in [6.45, 7) is 1.68. The molecule has 1 aromatic heterocycles. The van der Waals surface area contributed by atoms with Crippen LogP contribution in [0.15, 0.2) is 18.2 Å². The molecule has 0 radical (unpaired) electrons. The fourth-order valence-electron chi connectivity index (χ4n) is 2.67. The zero-order valence-corrected chi connectivity index (χ0v) is 11.5. The van der Waals surface area contributed by atoms with Crippen molar-refractivity contribution in [1.82, 2.24) is 9.55 Å². The number of imidazole rings is 1. The van der Waals surface area contributed by atoms with Crippen LogP contribution >= 0.6 is 12.2 Å². The first-order valence-electron chi connectivity index (χ1n) is 6.74. The SMILES string of the molecule is Fc1ccc2c(c1)[nH]c(=S)n2CCC1CCCCO1. The van der Waals surface area contributed by atoms with Crippen LogP contribution in [-0.2, 0) is 11.3 Å². The number of hydrogen-bond donors (Lipinski definition) is 1. The third-order valence-corrected chi connectivity index (χ3v) is 4.01. The highest BCUT2D eigenvalue weighted by molar-refractivity contribution is 7.71. The number of aromatic amines is 1. The third kappa shape index (κ3) is 2.72. The highest BCUT2D eigenvalue weighted by Crippen LogP contribution is 2.19. The molecule has 0 saturated carbocycles. The van der Waals surface area contributed by atoms with Crippen LogP contribution in [0.3, 0.4) is 0 Å². The summed E-state index contributed by atoms with van der Waals surface area (Å²) in [6.07, 6.45) is 4.83. The molecule has 3 rings (SSSR count). The summed E-state index contributed by atoms with van der Waals surface area (Å²) in [5.41, 5.74) is 1.72. The van der Waals surface area contributed by atoms with E-state index in [9.17, 15) is 4.39 Å². The molecule has 1 aliphatic rings. The van der Waals surface area contributed by atoms with Crippen molar-refractivity contribution in [2.45, 2.75) is 38.3 Å². The van der Waals surface area contributed by atoms with Crippen molar-refractivity contribution in [3.8, 4) is 0 Å². The first kappa shape index (κ1) is 12.8. The molecule has 1 aromatic carbocycles. The van der Waals surface area contributed by atoms with Gasteiger partial charge in [0.25, 0.3) is 0 Å². The van der Waals surface area contributed by atoms with Crippen LogP contribution in [-0.4, -0.2) is 22.3 Å². The standard InChI is InChI=1S/C14H17FN2OS/c15-10-4-5-13-12(9-10)16-14(19)17(13)7-6-11-3-1-2-8-18-11/h4-5,9,11H,1-3,6-8H2,(H,16,19). The van der Waals surface area contributed by atoms with Gasteiger partial charge in [-0.1, -0.05) is 0 Å². The Bertz CT molecular complexity index is 628. The fraction of sp³-hybridized carbons (Fsp3) is 0.500. The maximum absolute atomic E-state index is 13.2. The van der Waals surface area contributed by atoms with Gasteiger partial charge in [0, 0.05) is 13.2 Å². The van der Waals surface area contributed by atoms with E-state index in [1.54, 1.807) is 6.07 Å². The van der Waals surface area contributed by atoms with Crippen LogP contribution in [0.25, 0.3) is 11.0 Å². The molecule has 2 heterocycles. The van der Waals surface area contributed by atoms with Crippen LogP contribution in [0.4, 0.5) is 4.39 Å². The predicted octanol–water partition coefficient (Wildman–Crippen LogP) is 3.80. The number of halogens is 1. The summed E-state index contributed by atoms with van der Waals surface area (Å²) in [4.78, 5) is 3.05. The van der Waals surface area contributed by atoms with Gasteiger partial charge in [0.1, 0.15) is 5.82 Å². The van der Waals surface area contributed by atoms with E-state index in [4.69, 9.17) is 17.0 Å². The van der Waals surface area contributed by atoms with Crippen molar-refractivity contribution < 1.29 is 9.13 Å². The predicted molar refractivity (Wildman–Crippen MR) is 75.3 cm³/mol. The van der Waals surface area contributed by atoms with Gasteiger partial charge in [0.2, 0.25) is 0 Å². The lowest BCUT2D eigenvalue weighted by molar-refractivity contribution is 0.00892. The highest BCUT2D eigenvalue weighted by atomic mass is 32.1. The molecule has 5 heteroatoms. The molecule has 1 saturated heterocycles. The van der Waals surface area contributed by atoms with Crippen LogP contribution in [0.5, 0.6) is 0 Å². The largest absolute Gasteiger partial charge is 0.378 e. The Morgan fingerprint density at radius 3 is 3.11 bits per heavy atom. The monoisotopic (exact) mass is 280 g/mol. The number of nitrogens with zero attached hydrogens (tertiary/aromatic N) is 1. The molecule has 1 aliphatic heterocycles. The number of fused-ring (bicyclic) bond motifs is 1. The van der Waals surface area contributed by atoms with Crippen molar-refractivity contribution >= 4 is 23.3 Å². The highest BCUT2D eigenvalue weighted by Gasteiger charge is 2.14. The van der Waals surface area contributed by atoms with Gasteiger partial charge in [-0.25, -0.2) is 4.39 Å². The zero-order valence-electron chi connectivity index (χ0n) is 10.7. The smallest absolute Gasteiger partial charge is 0.178 e. The minimum atomic E-state index is -0.244. The number of H-pyrrole nitrogens is 1. The minimum absolute atomic E-state index is 0.244. The molecule has 3 nitrogen and oxygen atoms in total. The molecule has 1 atom stereocenters. The molecular formula is C14H17FN2OS. The van der Waals surface area contributed by atoms with Gasteiger partial charge in [-0.15, -0.1) is 0 Å². The van der Waals surface area contributed by atoms with Gasteiger partial charge in [-0.2, -0.15) is 0 Å². The van der Waals surface area contributed by atoms with Crippen molar-refractivity contribution in [2.24, 2.45) is 0 Å². The lowest BCUT2D eigenvalue weighted by atomic mass is 10.1. The second kappa shape index (κ2) is 5.43. The summed E-state index contributed by atoms with van der Waals surface area (Å²) >= 11 is 5.31. The number of ether oxygens (including phenoxy) is 1. The Kier molecular flexibility index (Phi) is 3.66. The maximum atomic E-state index is 13.2. The molecule has 102 valence electrons. The fourth-order valence-corrected chi connectivity index (χ4v) is 2.97. The van der Waals surface area contributed by atoms with E-state index in [1.807, 2.05) is 4.57 Å². The quantitative estimate of drug-likeness (QED) is 0.867. The summed E-state index contributed by atoms with van der Waals surface area (Å²) in [6, 6.07) is 4.73. The Labute approximate surface area is 116 Å². The molecule has 2 aromatic rings. The molecule has 1 fully saturated rings. The third-order valence-electron chi connectivity index (χ3n) is 3.68. The molecule has 0 bridgehead atoms. The molecule has 19 heavy (non-hydrogen) atoms. The van der Waals surface area contributed by atoms with Crippen LogP contribution in [0.2, 0.25) is 0 Å². The van der Waals surface area contributed by atoms with Gasteiger partial charge in [0.05, 0.1) is 17.1 Å². The second-order valence-electron chi connectivity index (χ2n) is 5.02. The van der Waals surface area contributed by atoms with E-state index in [0.29, 0.717) is 10.9 Å². The van der Waals surface area contributed by atoms with Gasteiger partial charge in [-0.3, -0.25) is 0 Å². The van der Waals surface area contributed by atoms with E-state index in [1.165, 1.54) is 25.0 Å². The van der Waals surface area contributed by atoms with E-state index in [2.05, 4.69) is 4.98 Å². The van der Waals surface area contributed by atoms with E-state index >= 15 is 0 Å². The molecule has 0 aliphatic carbocycles. The Hall–Kier alpha value is -1.20. The number of hydrogen-bond acceptors (Lipinski definition) is 2. The Morgan fingerprint density at radius 1 is 1.42 bits per heavy atom. The van der Waals surface area contributed by atoms with Gasteiger partial charge < -0.3 is 14.3 Å². The molecule has 1 unspecified atom stereocenters. The van der Waals surface area contributed by atoms with Crippen molar-refractivity contribution in [2.75, 3.05) is 6.61 Å². The van der Waals surface area contributed by atoms with E-state index in [-0.39, 0.29) is 5.82 Å². The normalized spacial score (nSPS) is 19.9. The number of aryl methyl sites for hydroxylation is 1. The van der Waals surface area contributed by atoms with E-state index < -0.39 is 0 Å². The minimum Gasteiger partial charge on any atom is -0.378 e. The number of benzene rings is 1. The first-order valence-corrected chi connectivity index (χ1v) is 7.14. The van der Waals surface area contributed by atoms with Crippen molar-refractivity contribution in [3.63, 3.8) is 0 Å². The van der Waals surface area contributed by atoms with Gasteiger partial charge >= 0.3 is 0 Å². The van der Waals surface area contributed by atoms with E-state index in [0.717, 1.165) is 37.0 Å². The lowest BCUT2D eigenvalue weighted by Crippen LogP contribution is -2.20. The summed E-state index contributed by atoms with van der Waals surface area (Å²) < 4.78 is 21.6. The van der Waals surface area contributed by atoms with Crippen molar-refractivity contribution in [1.29, 1.82) is 0 Å². The van der Waals surface area contributed by atoms with Crippen molar-refractivity contribution in [3.05, 3.63) is 28.8 Å². The average molecular weight is 280 g/mol. The zero-order chi connectivity index (χ0) is 13.2. The number of aromatic nitrogens is 2. The average Bonchev–Trinajstić information content (AvgIpc) is 2.72. The van der Waals surface area contributed by atoms with Crippen LogP contribution in [0, 0.1) is 10.6 Å². The number of nitrogens with one attached hydrogen (secondary N) is 1. The van der Waals surface area contributed by atoms with Gasteiger partial charge in [-0.05, 0) is 56.1 Å². The maximum Gasteiger partial charge on any atom is 0.178 e. The molecular weight excluding hydrogens is 263 g/mol. The molecule has 0 spiro atoms. The molecule has 0 amide bonds. The van der Waals surface area contributed by atoms with Gasteiger partial charge in [0.15, 0.2) is 4.77 Å². The molecule has 1 N–H and O–H groups in total. The summed E-state index contributed by atoms with van der Waals surface area (Å²) in [5.74, 6) is -0.244. The Balaban J connectivity index is 1.80. The first-order chi connectivity index (χ1) is 9.24. The second-order valence-corrected chi connectivity index (χ2v) is 5.41. The Morgan fingerprint density at radius 2 is 2.32 bits per heavy atom. The van der Waals surface area contributed by atoms with Crippen LogP contribution < -0.4 is 0 Å². The number of rotatable bonds is 3. The summed E-state index contributed by atoms with van der Waals surface area (Å²) in [5, 5.41) is 0. The lowest BCUT2D eigenvalue weighted by Gasteiger charge is -2.22. The van der Waals surface area contributed by atoms with Crippen LogP contribution in [0.1, 0.15) is 25.7 Å². The summed E-state index contributed by atoms with van der Waals surface area (Å²) in [7, 11) is 0. The topological polar surface area (TPSA) is 29.9 Å².